The maximum Gasteiger partial charge on any atom is 0.320 e. The molecule has 2 heterocycles. The summed E-state index contributed by atoms with van der Waals surface area (Å²) in [5.74, 6) is -0.878. The van der Waals surface area contributed by atoms with Crippen LogP contribution in [-0.2, 0) is 11.3 Å². The highest BCUT2D eigenvalue weighted by molar-refractivity contribution is 6.30. The lowest BCUT2D eigenvalue weighted by Gasteiger charge is -2.06. The molecule has 2 N–H and O–H groups in total. The van der Waals surface area contributed by atoms with Crippen LogP contribution in [0.25, 0.3) is 5.65 Å². The van der Waals surface area contributed by atoms with Gasteiger partial charge in [-0.2, -0.15) is 0 Å². The van der Waals surface area contributed by atoms with Crippen LogP contribution in [0.5, 0.6) is 0 Å². The molecule has 6 heteroatoms. The van der Waals surface area contributed by atoms with E-state index in [1.54, 1.807) is 19.2 Å². The van der Waals surface area contributed by atoms with Gasteiger partial charge in [-0.1, -0.05) is 11.6 Å². The maximum atomic E-state index is 10.6. The molecule has 2 aromatic heterocycles. The summed E-state index contributed by atoms with van der Waals surface area (Å²) in [5.41, 5.74) is 1.56. The predicted octanol–water partition coefficient (Wildman–Crippen LogP) is 1.55. The molecule has 2 rings (SSSR count). The van der Waals surface area contributed by atoms with Crippen LogP contribution in [0, 0.1) is 0 Å². The second kappa shape index (κ2) is 4.73. The Bertz CT molecular complexity index is 553. The number of halogens is 1. The van der Waals surface area contributed by atoms with Crippen LogP contribution in [0.1, 0.15) is 12.6 Å². The number of carbonyl (C=O) groups is 1. The molecule has 5 nitrogen and oxygen atoms in total. The molecule has 0 unspecified atom stereocenters. The largest absolute Gasteiger partial charge is 0.480 e. The number of hydrogen-bond donors (Lipinski definition) is 2. The van der Waals surface area contributed by atoms with Crippen molar-refractivity contribution in [2.24, 2.45) is 0 Å². The van der Waals surface area contributed by atoms with Gasteiger partial charge < -0.3 is 9.51 Å². The van der Waals surface area contributed by atoms with E-state index in [4.69, 9.17) is 16.7 Å². The zero-order valence-corrected chi connectivity index (χ0v) is 9.98. The van der Waals surface area contributed by atoms with Gasteiger partial charge in [0.15, 0.2) is 0 Å². The lowest BCUT2D eigenvalue weighted by Crippen LogP contribution is -2.33. The second-order valence-corrected chi connectivity index (χ2v) is 4.22. The van der Waals surface area contributed by atoms with Gasteiger partial charge in [0.05, 0.1) is 10.7 Å². The van der Waals surface area contributed by atoms with E-state index in [9.17, 15) is 4.79 Å². The lowest BCUT2D eigenvalue weighted by molar-refractivity contribution is -0.139. The number of carboxylic acid groups (broad SMARTS) is 1. The van der Waals surface area contributed by atoms with Crippen molar-refractivity contribution in [3.05, 3.63) is 35.2 Å². The highest BCUT2D eigenvalue weighted by Gasteiger charge is 2.10. The van der Waals surface area contributed by atoms with Crippen molar-refractivity contribution in [3.63, 3.8) is 0 Å². The number of carboxylic acids is 1. The first-order valence-corrected chi connectivity index (χ1v) is 5.53. The normalized spacial score (nSPS) is 12.8. The highest BCUT2D eigenvalue weighted by atomic mass is 35.5. The molecular weight excluding hydrogens is 242 g/mol. The molecule has 0 radical (unpaired) electrons. The molecular formula is C11H12ClN3O2. The third-order valence-electron chi connectivity index (χ3n) is 2.42. The van der Waals surface area contributed by atoms with Crippen molar-refractivity contribution in [2.75, 3.05) is 0 Å². The van der Waals surface area contributed by atoms with Gasteiger partial charge in [-0.25, -0.2) is 4.98 Å². The molecule has 0 aromatic carbocycles. The van der Waals surface area contributed by atoms with E-state index in [-0.39, 0.29) is 0 Å². The number of fused-ring (bicyclic) bond motifs is 1. The quantitative estimate of drug-likeness (QED) is 0.868. The van der Waals surface area contributed by atoms with Gasteiger partial charge in [0.25, 0.3) is 0 Å². The summed E-state index contributed by atoms with van der Waals surface area (Å²) < 4.78 is 1.81. The van der Waals surface area contributed by atoms with Crippen molar-refractivity contribution in [3.8, 4) is 0 Å². The molecule has 0 saturated carbocycles. The topological polar surface area (TPSA) is 66.6 Å². The number of rotatable bonds is 4. The first-order valence-electron chi connectivity index (χ1n) is 5.15. The first kappa shape index (κ1) is 11.9. The van der Waals surface area contributed by atoms with Crippen LogP contribution in [-0.4, -0.2) is 26.5 Å². The average molecular weight is 254 g/mol. The third kappa shape index (κ3) is 2.75. The van der Waals surface area contributed by atoms with Crippen molar-refractivity contribution >= 4 is 23.2 Å². The summed E-state index contributed by atoms with van der Waals surface area (Å²) in [6.45, 7) is 2.00. The molecule has 0 aliphatic carbocycles. The van der Waals surface area contributed by atoms with Gasteiger partial charge in [-0.15, -0.1) is 0 Å². The summed E-state index contributed by atoms with van der Waals surface area (Å²) >= 11 is 5.86. The summed E-state index contributed by atoms with van der Waals surface area (Å²) in [6.07, 6.45) is 3.58. The van der Waals surface area contributed by atoms with Crippen molar-refractivity contribution < 1.29 is 9.90 Å². The molecule has 0 saturated heterocycles. The third-order valence-corrected chi connectivity index (χ3v) is 2.65. The molecule has 1 atom stereocenters. The fourth-order valence-electron chi connectivity index (χ4n) is 1.45. The smallest absolute Gasteiger partial charge is 0.320 e. The van der Waals surface area contributed by atoms with E-state index in [0.717, 1.165) is 11.3 Å². The van der Waals surface area contributed by atoms with Gasteiger partial charge >= 0.3 is 5.97 Å². The number of aromatic nitrogens is 2. The Kier molecular flexibility index (Phi) is 3.31. The van der Waals surface area contributed by atoms with Crippen molar-refractivity contribution in [2.45, 2.75) is 19.5 Å². The van der Waals surface area contributed by atoms with Crippen LogP contribution in [0.15, 0.2) is 24.5 Å². The minimum absolute atomic E-state index is 0.409. The van der Waals surface area contributed by atoms with Gasteiger partial charge in [0.2, 0.25) is 0 Å². The standard InChI is InChI=1S/C11H12ClN3O2/c1-7(11(16)17)13-4-9-6-15-5-8(12)2-3-10(15)14-9/h2-3,5-7,13H,4H2,1H3,(H,16,17)/t7-/m0/s1. The van der Waals surface area contributed by atoms with E-state index in [1.807, 2.05) is 16.7 Å². The zero-order valence-electron chi connectivity index (χ0n) is 9.22. The van der Waals surface area contributed by atoms with Crippen LogP contribution < -0.4 is 5.32 Å². The molecule has 2 aromatic rings. The lowest BCUT2D eigenvalue weighted by atomic mass is 10.3. The summed E-state index contributed by atoms with van der Waals surface area (Å²) in [7, 11) is 0. The number of aliphatic carboxylic acids is 1. The number of hydrogen-bond acceptors (Lipinski definition) is 3. The van der Waals surface area contributed by atoms with E-state index in [0.29, 0.717) is 11.6 Å². The van der Waals surface area contributed by atoms with Gasteiger partial charge in [0, 0.05) is 18.9 Å². The van der Waals surface area contributed by atoms with Crippen LogP contribution >= 0.6 is 11.6 Å². The highest BCUT2D eigenvalue weighted by Crippen LogP contribution is 2.11. The predicted molar refractivity (Wildman–Crippen MR) is 64.1 cm³/mol. The summed E-state index contributed by atoms with van der Waals surface area (Å²) in [4.78, 5) is 15.0. The summed E-state index contributed by atoms with van der Waals surface area (Å²) in [5, 5.41) is 12.2. The molecule has 0 spiro atoms. The van der Waals surface area contributed by atoms with Gasteiger partial charge in [0.1, 0.15) is 11.7 Å². The zero-order chi connectivity index (χ0) is 12.4. The monoisotopic (exact) mass is 253 g/mol. The molecule has 0 aliphatic heterocycles. The number of imidazole rings is 1. The van der Waals surface area contributed by atoms with Crippen LogP contribution in [0.2, 0.25) is 5.02 Å². The van der Waals surface area contributed by atoms with Crippen LogP contribution in [0.4, 0.5) is 0 Å². The summed E-state index contributed by atoms with van der Waals surface area (Å²) in [6, 6.07) is 2.98. The van der Waals surface area contributed by atoms with Crippen molar-refractivity contribution in [1.29, 1.82) is 0 Å². The van der Waals surface area contributed by atoms with E-state index >= 15 is 0 Å². The van der Waals surface area contributed by atoms with Crippen LogP contribution in [0.3, 0.4) is 0 Å². The van der Waals surface area contributed by atoms with Crippen molar-refractivity contribution in [1.82, 2.24) is 14.7 Å². The second-order valence-electron chi connectivity index (χ2n) is 3.79. The minimum atomic E-state index is -0.878. The van der Waals surface area contributed by atoms with E-state index in [1.165, 1.54) is 0 Å². The Balaban J connectivity index is 2.12. The van der Waals surface area contributed by atoms with Gasteiger partial charge in [-0.05, 0) is 19.1 Å². The Morgan fingerprint density at radius 2 is 2.35 bits per heavy atom. The Morgan fingerprint density at radius 1 is 1.59 bits per heavy atom. The number of pyridine rings is 1. The molecule has 90 valence electrons. The first-order chi connectivity index (χ1) is 8.06. The fourth-order valence-corrected chi connectivity index (χ4v) is 1.62. The SMILES string of the molecule is C[C@H](NCc1cn2cc(Cl)ccc2n1)C(=O)O. The molecule has 0 fully saturated rings. The Morgan fingerprint density at radius 3 is 3.06 bits per heavy atom. The molecule has 17 heavy (non-hydrogen) atoms. The molecule has 0 bridgehead atoms. The van der Waals surface area contributed by atoms with E-state index in [2.05, 4.69) is 10.3 Å². The minimum Gasteiger partial charge on any atom is -0.480 e. The molecule has 0 aliphatic rings. The van der Waals surface area contributed by atoms with Gasteiger partial charge in [-0.3, -0.25) is 10.1 Å². The Labute approximate surface area is 103 Å². The number of nitrogens with one attached hydrogen (secondary N) is 1. The van der Waals surface area contributed by atoms with E-state index < -0.39 is 12.0 Å². The molecule has 0 amide bonds. The Hall–Kier alpha value is -1.59. The maximum absolute atomic E-state index is 10.6. The number of nitrogens with zero attached hydrogens (tertiary/aromatic N) is 2. The average Bonchev–Trinajstić information content (AvgIpc) is 2.67. The fraction of sp³-hybridized carbons (Fsp3) is 0.273.